The number of nitrogens with zero attached hydrogens (tertiary/aromatic N) is 1. The Kier molecular flexibility index (Phi) is 7.51. The fourth-order valence-corrected chi connectivity index (χ4v) is 6.16. The molecule has 4 rings (SSSR count). The van der Waals surface area contributed by atoms with Gasteiger partial charge in [0.25, 0.3) is 0 Å². The molecule has 192 valence electrons. The molecule has 0 N–H and O–H groups in total. The van der Waals surface area contributed by atoms with Gasteiger partial charge >= 0.3 is 5.97 Å². The minimum absolute atomic E-state index is 0.231. The number of rotatable bonds is 8. The van der Waals surface area contributed by atoms with Gasteiger partial charge in [0.15, 0.2) is 9.84 Å². The van der Waals surface area contributed by atoms with Gasteiger partial charge in [-0.2, -0.15) is 0 Å². The summed E-state index contributed by atoms with van der Waals surface area (Å²) in [5, 5.41) is 0.347. The number of sulfone groups is 1. The molecule has 1 heterocycles. The third-order valence-corrected chi connectivity index (χ3v) is 8.61. The van der Waals surface area contributed by atoms with E-state index in [4.69, 9.17) is 4.74 Å². The lowest BCUT2D eigenvalue weighted by molar-refractivity contribution is -0.141. The van der Waals surface area contributed by atoms with Crippen LogP contribution in [0.25, 0.3) is 33.2 Å². The van der Waals surface area contributed by atoms with Gasteiger partial charge in [0.2, 0.25) is 0 Å². The van der Waals surface area contributed by atoms with E-state index >= 15 is 0 Å². The number of fused-ring (bicyclic) bond motifs is 1. The van der Waals surface area contributed by atoms with E-state index in [1.165, 1.54) is 13.4 Å². The second kappa shape index (κ2) is 10.5. The second-order valence-corrected chi connectivity index (χ2v) is 12.4. The predicted octanol–water partition coefficient (Wildman–Crippen LogP) is 6.91. The summed E-state index contributed by atoms with van der Waals surface area (Å²) < 4.78 is 29.9. The Bertz CT molecular complexity index is 1540. The van der Waals surface area contributed by atoms with E-state index in [9.17, 15) is 13.2 Å². The molecule has 0 aliphatic heterocycles. The van der Waals surface area contributed by atoms with Crippen LogP contribution in [0.5, 0.6) is 0 Å². The lowest BCUT2D eigenvalue weighted by Crippen LogP contribution is -2.22. The molecule has 0 amide bonds. The van der Waals surface area contributed by atoms with Crippen molar-refractivity contribution in [2.24, 2.45) is 0 Å². The van der Waals surface area contributed by atoms with Gasteiger partial charge in [-0.25, -0.2) is 8.42 Å². The molecule has 0 saturated heterocycles. The number of benzene rings is 3. The minimum Gasteiger partial charge on any atom is -0.469 e. The first-order valence-corrected chi connectivity index (χ1v) is 14.3. The molecular weight excluding hydrogens is 482 g/mol. The largest absolute Gasteiger partial charge is 0.469 e. The number of methoxy groups -OCH3 is 1. The van der Waals surface area contributed by atoms with E-state index in [-0.39, 0.29) is 11.4 Å². The molecule has 0 saturated carbocycles. The van der Waals surface area contributed by atoms with Crippen LogP contribution in [0.1, 0.15) is 50.0 Å². The summed E-state index contributed by atoms with van der Waals surface area (Å²) in [5.74, 6) is -0.231. The highest BCUT2D eigenvalue weighted by atomic mass is 32.2. The number of esters is 1. The highest BCUT2D eigenvalue weighted by Gasteiger charge is 2.25. The molecule has 1 atom stereocenters. The number of aromatic nitrogens is 1. The van der Waals surface area contributed by atoms with Gasteiger partial charge in [-0.05, 0) is 58.5 Å². The number of carbonyl (C=O) groups excluding carboxylic acids is 1. The summed E-state index contributed by atoms with van der Waals surface area (Å²) in [6, 6.07) is 24.2. The maximum Gasteiger partial charge on any atom is 0.306 e. The SMILES string of the molecule is CCC(c1cc(-c2cccc(-c3ccc(C(C)(C)CC(=O)OC)cc3)c2)c2ncccc2c1)S(C)(=O)=O. The average molecular weight is 516 g/mol. The van der Waals surface area contributed by atoms with Gasteiger partial charge in [0.05, 0.1) is 24.3 Å². The molecule has 5 nitrogen and oxygen atoms in total. The molecule has 0 fully saturated rings. The van der Waals surface area contributed by atoms with E-state index in [2.05, 4.69) is 41.4 Å². The molecule has 6 heteroatoms. The molecular formula is C31H33NO4S. The number of hydrogen-bond acceptors (Lipinski definition) is 5. The normalized spacial score (nSPS) is 12.9. The molecule has 0 bridgehead atoms. The quantitative estimate of drug-likeness (QED) is 0.239. The zero-order valence-corrected chi connectivity index (χ0v) is 22.8. The molecule has 0 spiro atoms. The number of carbonyl (C=O) groups is 1. The van der Waals surface area contributed by atoms with Crippen molar-refractivity contribution in [1.29, 1.82) is 0 Å². The molecule has 1 unspecified atom stereocenters. The summed E-state index contributed by atoms with van der Waals surface area (Å²) in [4.78, 5) is 16.5. The Hall–Kier alpha value is -3.51. The summed E-state index contributed by atoms with van der Waals surface area (Å²) >= 11 is 0. The maximum atomic E-state index is 12.5. The first-order valence-electron chi connectivity index (χ1n) is 12.4. The highest BCUT2D eigenvalue weighted by Crippen LogP contribution is 2.36. The third kappa shape index (κ3) is 5.75. The van der Waals surface area contributed by atoms with Gasteiger partial charge in [-0.3, -0.25) is 9.78 Å². The standard InChI is InChI=1S/C31H33NO4S/c1-6-28(37(5,34)35)25-18-24-11-8-16-32-30(24)27(19-25)23-10-7-9-22(17-23)21-12-14-26(15-13-21)31(2,3)20-29(33)36-4/h7-19,28H,6,20H2,1-5H3. The van der Waals surface area contributed by atoms with Gasteiger partial charge in [-0.15, -0.1) is 0 Å². The lowest BCUT2D eigenvalue weighted by atomic mass is 9.81. The molecule has 1 aromatic heterocycles. The Morgan fingerprint density at radius 3 is 2.30 bits per heavy atom. The van der Waals surface area contributed by atoms with Crippen LogP contribution in [0, 0.1) is 0 Å². The maximum absolute atomic E-state index is 12.5. The van der Waals surface area contributed by atoms with Crippen LogP contribution in [0.2, 0.25) is 0 Å². The van der Waals surface area contributed by atoms with Crippen LogP contribution in [-0.2, 0) is 24.8 Å². The van der Waals surface area contributed by atoms with Crippen molar-refractivity contribution >= 4 is 26.7 Å². The minimum atomic E-state index is -3.26. The van der Waals surface area contributed by atoms with Crippen molar-refractivity contribution in [1.82, 2.24) is 4.98 Å². The number of pyridine rings is 1. The van der Waals surface area contributed by atoms with E-state index in [1.54, 1.807) is 6.20 Å². The lowest BCUT2D eigenvalue weighted by Gasteiger charge is -2.24. The zero-order chi connectivity index (χ0) is 26.8. The van der Waals surface area contributed by atoms with E-state index in [1.807, 2.05) is 57.2 Å². The summed E-state index contributed by atoms with van der Waals surface area (Å²) in [7, 11) is -1.85. The van der Waals surface area contributed by atoms with E-state index < -0.39 is 15.1 Å². The average Bonchev–Trinajstić information content (AvgIpc) is 2.87. The molecule has 0 radical (unpaired) electrons. The van der Waals surface area contributed by atoms with Crippen LogP contribution < -0.4 is 0 Å². The molecule has 0 aliphatic carbocycles. The monoisotopic (exact) mass is 515 g/mol. The van der Waals surface area contributed by atoms with Gasteiger partial charge in [-0.1, -0.05) is 69.3 Å². The smallest absolute Gasteiger partial charge is 0.306 e. The van der Waals surface area contributed by atoms with E-state index in [0.717, 1.165) is 44.3 Å². The first kappa shape index (κ1) is 26.6. The highest BCUT2D eigenvalue weighted by molar-refractivity contribution is 7.90. The van der Waals surface area contributed by atoms with E-state index in [0.29, 0.717) is 12.8 Å². The topological polar surface area (TPSA) is 73.3 Å². The second-order valence-electron chi connectivity index (χ2n) is 10.2. The van der Waals surface area contributed by atoms with Crippen LogP contribution in [0.15, 0.2) is 79.0 Å². The Labute approximate surface area is 219 Å². The van der Waals surface area contributed by atoms with Crippen molar-refractivity contribution in [3.05, 3.63) is 90.1 Å². The van der Waals surface area contributed by atoms with Crippen molar-refractivity contribution in [3.8, 4) is 22.3 Å². The van der Waals surface area contributed by atoms with Gasteiger partial charge in [0.1, 0.15) is 0 Å². The predicted molar refractivity (Wildman–Crippen MR) is 150 cm³/mol. The van der Waals surface area contributed by atoms with Gasteiger partial charge < -0.3 is 4.74 Å². The van der Waals surface area contributed by atoms with Crippen LogP contribution in [0.4, 0.5) is 0 Å². The fourth-order valence-electron chi connectivity index (χ4n) is 4.92. The van der Waals surface area contributed by atoms with Crippen molar-refractivity contribution in [3.63, 3.8) is 0 Å². The number of ether oxygens (including phenoxy) is 1. The Morgan fingerprint density at radius 1 is 0.946 bits per heavy atom. The van der Waals surface area contributed by atoms with Gasteiger partial charge in [0, 0.05) is 28.8 Å². The van der Waals surface area contributed by atoms with Crippen molar-refractivity contribution < 1.29 is 17.9 Å². The molecule has 37 heavy (non-hydrogen) atoms. The van der Waals surface area contributed by atoms with Crippen LogP contribution >= 0.6 is 0 Å². The summed E-state index contributed by atoms with van der Waals surface area (Å²) in [5.41, 5.74) is 6.32. The first-order chi connectivity index (χ1) is 17.5. The summed E-state index contributed by atoms with van der Waals surface area (Å²) in [6.45, 7) is 5.96. The Morgan fingerprint density at radius 2 is 1.65 bits per heavy atom. The third-order valence-electron chi connectivity index (χ3n) is 6.97. The van der Waals surface area contributed by atoms with Crippen LogP contribution in [-0.4, -0.2) is 32.7 Å². The van der Waals surface area contributed by atoms with Crippen molar-refractivity contribution in [2.45, 2.75) is 44.3 Å². The van der Waals surface area contributed by atoms with Crippen molar-refractivity contribution in [2.75, 3.05) is 13.4 Å². The summed E-state index contributed by atoms with van der Waals surface area (Å²) in [6.07, 6.45) is 3.87. The number of hydrogen-bond donors (Lipinski definition) is 0. The fraction of sp³-hybridized carbons (Fsp3) is 0.290. The molecule has 4 aromatic rings. The Balaban J connectivity index is 1.77. The van der Waals surface area contributed by atoms with Crippen LogP contribution in [0.3, 0.4) is 0 Å². The molecule has 0 aliphatic rings. The molecule has 3 aromatic carbocycles. The zero-order valence-electron chi connectivity index (χ0n) is 22.0.